The van der Waals surface area contributed by atoms with Gasteiger partial charge in [-0.3, -0.25) is 0 Å². The van der Waals surface area contributed by atoms with E-state index in [4.69, 9.17) is 5.10 Å². The molecule has 4 heteroatoms. The molecule has 110 valence electrons. The van der Waals surface area contributed by atoms with Gasteiger partial charge in [0.2, 0.25) is 0 Å². The Labute approximate surface area is 127 Å². The van der Waals surface area contributed by atoms with E-state index in [1.807, 2.05) is 12.1 Å². The van der Waals surface area contributed by atoms with Crippen molar-refractivity contribution in [1.29, 1.82) is 0 Å². The SMILES string of the molecule is OCc1c2c(nn1-c1ccc(F)cc1)-c1ccccc1CC2. The molecular formula is C18H15FN2O. The number of nitrogens with zero attached hydrogens (tertiary/aromatic N) is 2. The zero-order valence-electron chi connectivity index (χ0n) is 12.0. The maximum Gasteiger partial charge on any atom is 0.123 e. The predicted octanol–water partition coefficient (Wildman–Crippen LogP) is 3.27. The molecule has 3 nitrogen and oxygen atoms in total. The predicted molar refractivity (Wildman–Crippen MR) is 82.3 cm³/mol. The summed E-state index contributed by atoms with van der Waals surface area (Å²) in [7, 11) is 0. The Morgan fingerprint density at radius 1 is 1.05 bits per heavy atom. The van der Waals surface area contributed by atoms with Crippen LogP contribution in [0.15, 0.2) is 48.5 Å². The van der Waals surface area contributed by atoms with Crippen LogP contribution in [-0.2, 0) is 19.4 Å². The Morgan fingerprint density at radius 2 is 1.82 bits per heavy atom. The molecule has 0 amide bonds. The summed E-state index contributed by atoms with van der Waals surface area (Å²) in [5, 5.41) is 14.5. The van der Waals surface area contributed by atoms with Crippen molar-refractivity contribution in [3.05, 3.63) is 71.2 Å². The summed E-state index contributed by atoms with van der Waals surface area (Å²) in [6, 6.07) is 14.4. The Morgan fingerprint density at radius 3 is 2.59 bits per heavy atom. The Kier molecular flexibility index (Phi) is 3.05. The van der Waals surface area contributed by atoms with Crippen molar-refractivity contribution in [3.8, 4) is 16.9 Å². The summed E-state index contributed by atoms with van der Waals surface area (Å²) >= 11 is 0. The van der Waals surface area contributed by atoms with Crippen molar-refractivity contribution in [2.24, 2.45) is 0 Å². The van der Waals surface area contributed by atoms with E-state index in [0.717, 1.165) is 41.0 Å². The highest BCUT2D eigenvalue weighted by Gasteiger charge is 2.24. The van der Waals surface area contributed by atoms with Crippen LogP contribution in [0.3, 0.4) is 0 Å². The topological polar surface area (TPSA) is 38.1 Å². The third kappa shape index (κ3) is 1.96. The number of benzene rings is 2. The lowest BCUT2D eigenvalue weighted by Crippen LogP contribution is -2.05. The fraction of sp³-hybridized carbons (Fsp3) is 0.167. The second-order valence-corrected chi connectivity index (χ2v) is 5.48. The summed E-state index contributed by atoms with van der Waals surface area (Å²) in [6.07, 6.45) is 1.81. The third-order valence-electron chi connectivity index (χ3n) is 4.23. The number of rotatable bonds is 2. The van der Waals surface area contributed by atoms with Crippen LogP contribution in [0.5, 0.6) is 0 Å². The van der Waals surface area contributed by atoms with E-state index in [-0.39, 0.29) is 12.4 Å². The summed E-state index contributed by atoms with van der Waals surface area (Å²) in [5.41, 5.74) is 5.97. The van der Waals surface area contributed by atoms with E-state index in [2.05, 4.69) is 12.1 Å². The number of halogens is 1. The molecule has 1 heterocycles. The van der Waals surface area contributed by atoms with E-state index in [0.29, 0.717) is 0 Å². The number of aliphatic hydroxyl groups excluding tert-OH is 1. The molecule has 0 radical (unpaired) electrons. The molecule has 0 unspecified atom stereocenters. The van der Waals surface area contributed by atoms with Crippen molar-refractivity contribution < 1.29 is 9.50 Å². The Balaban J connectivity index is 1.93. The van der Waals surface area contributed by atoms with Gasteiger partial charge in [-0.15, -0.1) is 0 Å². The van der Waals surface area contributed by atoms with E-state index in [1.54, 1.807) is 16.8 Å². The van der Waals surface area contributed by atoms with Gasteiger partial charge in [0.1, 0.15) is 5.82 Å². The largest absolute Gasteiger partial charge is 0.390 e. The number of aryl methyl sites for hydroxylation is 1. The van der Waals surface area contributed by atoms with Gasteiger partial charge in [-0.1, -0.05) is 24.3 Å². The highest BCUT2D eigenvalue weighted by molar-refractivity contribution is 5.71. The van der Waals surface area contributed by atoms with Gasteiger partial charge in [-0.25, -0.2) is 9.07 Å². The summed E-state index contributed by atoms with van der Waals surface area (Å²) in [6.45, 7) is -0.0815. The van der Waals surface area contributed by atoms with E-state index >= 15 is 0 Å². The first kappa shape index (κ1) is 13.2. The minimum Gasteiger partial charge on any atom is -0.390 e. The molecule has 1 aliphatic carbocycles. The van der Waals surface area contributed by atoms with Crippen LogP contribution in [0.4, 0.5) is 4.39 Å². The average Bonchev–Trinajstić information content (AvgIpc) is 2.94. The van der Waals surface area contributed by atoms with Crippen LogP contribution in [0.1, 0.15) is 16.8 Å². The fourth-order valence-corrected chi connectivity index (χ4v) is 3.15. The van der Waals surface area contributed by atoms with Crippen LogP contribution in [-0.4, -0.2) is 14.9 Å². The van der Waals surface area contributed by atoms with Gasteiger partial charge in [0, 0.05) is 11.1 Å². The molecule has 1 aromatic heterocycles. The molecule has 2 aromatic carbocycles. The quantitative estimate of drug-likeness (QED) is 0.787. The number of hydrogen-bond donors (Lipinski definition) is 1. The minimum atomic E-state index is -0.281. The van der Waals surface area contributed by atoms with Gasteiger partial charge >= 0.3 is 0 Å². The zero-order chi connectivity index (χ0) is 15.1. The van der Waals surface area contributed by atoms with Crippen molar-refractivity contribution in [1.82, 2.24) is 9.78 Å². The first-order chi connectivity index (χ1) is 10.8. The number of fused-ring (bicyclic) bond motifs is 3. The van der Waals surface area contributed by atoms with Gasteiger partial charge in [-0.05, 0) is 42.7 Å². The molecule has 1 aliphatic rings. The summed E-state index contributed by atoms with van der Waals surface area (Å²) < 4.78 is 14.9. The van der Waals surface area contributed by atoms with Gasteiger partial charge in [0.25, 0.3) is 0 Å². The molecule has 0 atom stereocenters. The molecule has 3 aromatic rings. The van der Waals surface area contributed by atoms with Crippen molar-refractivity contribution in [2.75, 3.05) is 0 Å². The van der Waals surface area contributed by atoms with Gasteiger partial charge < -0.3 is 5.11 Å². The van der Waals surface area contributed by atoms with Gasteiger partial charge in [0.05, 0.1) is 23.7 Å². The normalized spacial score (nSPS) is 12.8. The van der Waals surface area contributed by atoms with E-state index in [1.165, 1.54) is 17.7 Å². The standard InChI is InChI=1S/C18H15FN2O/c19-13-6-8-14(9-7-13)21-17(11-22)16-10-5-12-3-1-2-4-15(12)18(16)20-21/h1-4,6-9,22H,5,10-11H2. The molecule has 0 aliphatic heterocycles. The smallest absolute Gasteiger partial charge is 0.123 e. The molecule has 22 heavy (non-hydrogen) atoms. The second kappa shape index (κ2) is 5.07. The van der Waals surface area contributed by atoms with Crippen LogP contribution < -0.4 is 0 Å². The molecule has 0 saturated carbocycles. The maximum atomic E-state index is 13.1. The fourth-order valence-electron chi connectivity index (χ4n) is 3.15. The lowest BCUT2D eigenvalue weighted by atomic mass is 9.89. The molecular weight excluding hydrogens is 279 g/mol. The molecule has 1 N–H and O–H groups in total. The number of hydrogen-bond acceptors (Lipinski definition) is 2. The Bertz CT molecular complexity index is 837. The second-order valence-electron chi connectivity index (χ2n) is 5.48. The molecule has 0 saturated heterocycles. The van der Waals surface area contributed by atoms with Crippen LogP contribution in [0.2, 0.25) is 0 Å². The van der Waals surface area contributed by atoms with Crippen molar-refractivity contribution >= 4 is 0 Å². The van der Waals surface area contributed by atoms with E-state index < -0.39 is 0 Å². The van der Waals surface area contributed by atoms with Crippen LogP contribution in [0.25, 0.3) is 16.9 Å². The first-order valence-electron chi connectivity index (χ1n) is 7.34. The molecule has 0 spiro atoms. The highest BCUT2D eigenvalue weighted by atomic mass is 19.1. The van der Waals surface area contributed by atoms with Crippen molar-refractivity contribution in [3.63, 3.8) is 0 Å². The summed E-state index contributed by atoms with van der Waals surface area (Å²) in [4.78, 5) is 0. The monoisotopic (exact) mass is 294 g/mol. The lowest BCUT2D eigenvalue weighted by molar-refractivity contribution is 0.272. The summed E-state index contributed by atoms with van der Waals surface area (Å²) in [5.74, 6) is -0.281. The van der Waals surface area contributed by atoms with Crippen LogP contribution >= 0.6 is 0 Å². The average molecular weight is 294 g/mol. The number of aromatic nitrogens is 2. The molecule has 4 rings (SSSR count). The zero-order valence-corrected chi connectivity index (χ0v) is 12.0. The third-order valence-corrected chi connectivity index (χ3v) is 4.23. The molecule has 0 fully saturated rings. The Hall–Kier alpha value is -2.46. The van der Waals surface area contributed by atoms with Gasteiger partial charge in [0.15, 0.2) is 0 Å². The highest BCUT2D eigenvalue weighted by Crippen LogP contribution is 2.35. The number of aliphatic hydroxyl groups is 1. The van der Waals surface area contributed by atoms with Crippen molar-refractivity contribution in [2.45, 2.75) is 19.4 Å². The minimum absolute atomic E-state index is 0.0815. The van der Waals surface area contributed by atoms with Crippen LogP contribution in [0, 0.1) is 5.82 Å². The van der Waals surface area contributed by atoms with E-state index in [9.17, 15) is 9.50 Å². The van der Waals surface area contributed by atoms with Gasteiger partial charge in [-0.2, -0.15) is 5.10 Å². The maximum absolute atomic E-state index is 13.1. The molecule has 0 bridgehead atoms. The lowest BCUT2D eigenvalue weighted by Gasteiger charge is -2.15. The first-order valence-corrected chi connectivity index (χ1v) is 7.34.